The Labute approximate surface area is 92.9 Å². The molecular weight excluding hydrogens is 210 g/mol. The fourth-order valence-corrected chi connectivity index (χ4v) is 2.08. The molecule has 2 aromatic rings. The van der Waals surface area contributed by atoms with E-state index in [0.717, 1.165) is 0 Å². The third-order valence-electron chi connectivity index (χ3n) is 2.82. The lowest BCUT2D eigenvalue weighted by atomic mass is 9.99. The van der Waals surface area contributed by atoms with Crippen LogP contribution in [-0.4, -0.2) is 9.78 Å². The molecule has 0 bridgehead atoms. The van der Waals surface area contributed by atoms with Gasteiger partial charge in [0.05, 0.1) is 16.6 Å². The molecule has 2 nitrogen and oxygen atoms in total. The Morgan fingerprint density at radius 2 is 1.94 bits per heavy atom. The highest BCUT2D eigenvalue weighted by Crippen LogP contribution is 2.30. The molecule has 1 heterocycles. The minimum atomic E-state index is -0.497. The molecular formula is C12H14F2N2. The molecule has 0 saturated carbocycles. The standard InChI is InChI=1S/C12H14F2N2/c1-6(2)10-8(13)5-9-11(12(10)14)7(3)15-16(9)4/h5-6H,1-4H3. The van der Waals surface area contributed by atoms with Crippen molar-refractivity contribution in [3.8, 4) is 0 Å². The predicted octanol–water partition coefficient (Wildman–Crippen LogP) is 3.28. The monoisotopic (exact) mass is 224 g/mol. The van der Waals surface area contributed by atoms with Gasteiger partial charge >= 0.3 is 0 Å². The van der Waals surface area contributed by atoms with Gasteiger partial charge < -0.3 is 0 Å². The molecule has 0 saturated heterocycles. The van der Waals surface area contributed by atoms with Crippen LogP contribution in [0.2, 0.25) is 0 Å². The Balaban J connectivity index is 2.92. The molecule has 1 aromatic heterocycles. The molecule has 16 heavy (non-hydrogen) atoms. The van der Waals surface area contributed by atoms with Crippen LogP contribution in [0.25, 0.3) is 10.9 Å². The normalized spacial score (nSPS) is 11.7. The Bertz CT molecular complexity index is 556. The SMILES string of the molecule is Cc1nn(C)c2cc(F)c(C(C)C)c(F)c12. The third kappa shape index (κ3) is 1.40. The van der Waals surface area contributed by atoms with E-state index in [2.05, 4.69) is 5.10 Å². The third-order valence-corrected chi connectivity index (χ3v) is 2.82. The first-order valence-electron chi connectivity index (χ1n) is 5.24. The number of rotatable bonds is 1. The summed E-state index contributed by atoms with van der Waals surface area (Å²) in [5.41, 5.74) is 1.23. The Morgan fingerprint density at radius 3 is 2.50 bits per heavy atom. The van der Waals surface area contributed by atoms with Gasteiger partial charge in [0.15, 0.2) is 0 Å². The van der Waals surface area contributed by atoms with E-state index < -0.39 is 11.6 Å². The first-order chi connectivity index (χ1) is 7.43. The van der Waals surface area contributed by atoms with Crippen LogP contribution in [-0.2, 0) is 7.05 Å². The van der Waals surface area contributed by atoms with E-state index in [1.165, 1.54) is 10.7 Å². The van der Waals surface area contributed by atoms with E-state index in [-0.39, 0.29) is 11.5 Å². The molecule has 0 N–H and O–H groups in total. The molecule has 1 aromatic carbocycles. The van der Waals surface area contributed by atoms with E-state index in [9.17, 15) is 8.78 Å². The van der Waals surface area contributed by atoms with E-state index in [1.54, 1.807) is 27.8 Å². The number of hydrogen-bond donors (Lipinski definition) is 0. The van der Waals surface area contributed by atoms with Crippen molar-refractivity contribution in [3.05, 3.63) is 29.0 Å². The highest BCUT2D eigenvalue weighted by Gasteiger charge is 2.20. The molecule has 0 fully saturated rings. The predicted molar refractivity (Wildman–Crippen MR) is 59.5 cm³/mol. The van der Waals surface area contributed by atoms with E-state index in [4.69, 9.17) is 0 Å². The van der Waals surface area contributed by atoms with Crippen molar-refractivity contribution >= 4 is 10.9 Å². The lowest BCUT2D eigenvalue weighted by Gasteiger charge is -2.09. The van der Waals surface area contributed by atoms with E-state index in [1.807, 2.05) is 0 Å². The van der Waals surface area contributed by atoms with Gasteiger partial charge in [0, 0.05) is 18.7 Å². The lowest BCUT2D eigenvalue weighted by Crippen LogP contribution is -2.00. The molecule has 0 atom stereocenters. The highest BCUT2D eigenvalue weighted by molar-refractivity contribution is 5.83. The molecule has 0 unspecified atom stereocenters. The van der Waals surface area contributed by atoms with Crippen LogP contribution in [0.15, 0.2) is 6.07 Å². The number of halogens is 2. The van der Waals surface area contributed by atoms with Crippen LogP contribution in [0.4, 0.5) is 8.78 Å². The molecule has 4 heteroatoms. The summed E-state index contributed by atoms with van der Waals surface area (Å²) in [5, 5.41) is 4.53. The number of fused-ring (bicyclic) bond motifs is 1. The second kappa shape index (κ2) is 3.54. The van der Waals surface area contributed by atoms with Gasteiger partial charge in [-0.2, -0.15) is 5.10 Å². The summed E-state index contributed by atoms with van der Waals surface area (Å²) >= 11 is 0. The van der Waals surface area contributed by atoms with Crippen LogP contribution < -0.4 is 0 Å². The maximum atomic E-state index is 14.2. The zero-order valence-electron chi connectivity index (χ0n) is 9.81. The van der Waals surface area contributed by atoms with Crippen LogP contribution in [0, 0.1) is 18.6 Å². The Morgan fingerprint density at radius 1 is 1.31 bits per heavy atom. The fourth-order valence-electron chi connectivity index (χ4n) is 2.08. The van der Waals surface area contributed by atoms with Gasteiger partial charge in [-0.1, -0.05) is 13.8 Å². The van der Waals surface area contributed by atoms with Crippen LogP contribution in [0.1, 0.15) is 31.0 Å². The summed E-state index contributed by atoms with van der Waals surface area (Å²) in [6.07, 6.45) is 0. The second-order valence-corrected chi connectivity index (χ2v) is 4.34. The smallest absolute Gasteiger partial charge is 0.140 e. The molecule has 0 aliphatic heterocycles. The summed E-state index contributed by atoms with van der Waals surface area (Å²) in [7, 11) is 1.68. The Hall–Kier alpha value is -1.45. The quantitative estimate of drug-likeness (QED) is 0.726. The minimum absolute atomic E-state index is 0.142. The molecule has 0 spiro atoms. The maximum Gasteiger partial charge on any atom is 0.140 e. The van der Waals surface area contributed by atoms with Crippen LogP contribution in [0.5, 0.6) is 0 Å². The van der Waals surface area contributed by atoms with Crippen molar-refractivity contribution in [2.75, 3.05) is 0 Å². The van der Waals surface area contributed by atoms with Crippen LogP contribution in [0.3, 0.4) is 0 Å². The van der Waals surface area contributed by atoms with Crippen molar-refractivity contribution in [1.29, 1.82) is 0 Å². The fraction of sp³-hybridized carbons (Fsp3) is 0.417. The van der Waals surface area contributed by atoms with Crippen molar-refractivity contribution in [1.82, 2.24) is 9.78 Å². The van der Waals surface area contributed by atoms with Gasteiger partial charge in [-0.25, -0.2) is 8.78 Å². The van der Waals surface area contributed by atoms with E-state index >= 15 is 0 Å². The second-order valence-electron chi connectivity index (χ2n) is 4.34. The van der Waals surface area contributed by atoms with Gasteiger partial charge in [-0.15, -0.1) is 0 Å². The average molecular weight is 224 g/mol. The zero-order chi connectivity index (χ0) is 12.0. The summed E-state index contributed by atoms with van der Waals surface area (Å²) in [6.45, 7) is 5.28. The van der Waals surface area contributed by atoms with Crippen molar-refractivity contribution in [2.45, 2.75) is 26.7 Å². The molecule has 0 radical (unpaired) electrons. The molecule has 0 amide bonds. The molecule has 0 aliphatic rings. The summed E-state index contributed by atoms with van der Waals surface area (Å²) in [6, 6.07) is 1.35. The highest BCUT2D eigenvalue weighted by atomic mass is 19.1. The summed E-state index contributed by atoms with van der Waals surface area (Å²) in [4.78, 5) is 0. The molecule has 0 aliphatic carbocycles. The summed E-state index contributed by atoms with van der Waals surface area (Å²) in [5.74, 6) is -1.15. The van der Waals surface area contributed by atoms with Gasteiger partial charge in [0.2, 0.25) is 0 Å². The number of aryl methyl sites for hydroxylation is 2. The number of benzene rings is 1. The first-order valence-corrected chi connectivity index (χ1v) is 5.24. The van der Waals surface area contributed by atoms with Crippen LogP contribution >= 0.6 is 0 Å². The van der Waals surface area contributed by atoms with Gasteiger partial charge in [0.25, 0.3) is 0 Å². The zero-order valence-corrected chi connectivity index (χ0v) is 9.81. The first kappa shape index (κ1) is 11.0. The van der Waals surface area contributed by atoms with Gasteiger partial charge in [-0.3, -0.25) is 4.68 Å². The topological polar surface area (TPSA) is 17.8 Å². The van der Waals surface area contributed by atoms with Gasteiger partial charge in [0.1, 0.15) is 11.6 Å². The largest absolute Gasteiger partial charge is 0.267 e. The molecule has 86 valence electrons. The van der Waals surface area contributed by atoms with Crippen molar-refractivity contribution in [3.63, 3.8) is 0 Å². The number of nitrogens with zero attached hydrogens (tertiary/aromatic N) is 2. The lowest BCUT2D eigenvalue weighted by molar-refractivity contribution is 0.549. The van der Waals surface area contributed by atoms with E-state index in [0.29, 0.717) is 16.6 Å². The van der Waals surface area contributed by atoms with Crippen molar-refractivity contribution in [2.24, 2.45) is 7.05 Å². The Kier molecular flexibility index (Phi) is 2.45. The summed E-state index contributed by atoms with van der Waals surface area (Å²) < 4.78 is 29.4. The molecule has 2 rings (SSSR count). The minimum Gasteiger partial charge on any atom is -0.267 e. The van der Waals surface area contributed by atoms with Crippen molar-refractivity contribution < 1.29 is 8.78 Å². The van der Waals surface area contributed by atoms with Gasteiger partial charge in [-0.05, 0) is 12.8 Å². The number of hydrogen-bond acceptors (Lipinski definition) is 1. The maximum absolute atomic E-state index is 14.2. The average Bonchev–Trinajstić information content (AvgIpc) is 2.41. The number of aromatic nitrogens is 2.